The summed E-state index contributed by atoms with van der Waals surface area (Å²) < 4.78 is 5.84. The highest BCUT2D eigenvalue weighted by molar-refractivity contribution is 5.85. The topological polar surface area (TPSA) is 35.2 Å². The van der Waals surface area contributed by atoms with Crippen LogP contribution in [0, 0.1) is 5.41 Å². The Kier molecular flexibility index (Phi) is 6.25. The molecule has 0 saturated heterocycles. The van der Waals surface area contributed by atoms with Crippen molar-refractivity contribution < 1.29 is 4.74 Å². The molecule has 21 heavy (non-hydrogen) atoms. The van der Waals surface area contributed by atoms with Crippen molar-refractivity contribution in [2.75, 3.05) is 0 Å². The molecule has 0 aliphatic heterocycles. The largest absolute Gasteiger partial charge is 0.489 e. The Bertz CT molecular complexity index is 549. The molecule has 2 aromatic carbocycles. The molecule has 114 valence electrons. The van der Waals surface area contributed by atoms with Crippen molar-refractivity contribution >= 4 is 12.4 Å². The van der Waals surface area contributed by atoms with E-state index in [1.165, 1.54) is 0 Å². The molecule has 0 saturated carbocycles. The quantitative estimate of drug-likeness (QED) is 0.886. The first-order chi connectivity index (χ1) is 9.47. The van der Waals surface area contributed by atoms with Gasteiger partial charge in [0.25, 0.3) is 0 Å². The van der Waals surface area contributed by atoms with Crippen molar-refractivity contribution in [2.24, 2.45) is 11.1 Å². The number of ether oxygens (including phenoxy) is 1. The standard InChI is InChI=1S/C18H23NO.ClH/c1-18(2,3)17(19)15-10-7-11-16(12-15)20-13-14-8-5-4-6-9-14;/h4-12,17H,13,19H2,1-3H3;1H/t17-;/m1./s1. The van der Waals surface area contributed by atoms with Crippen LogP contribution in [0.1, 0.15) is 37.9 Å². The molecule has 1 atom stereocenters. The van der Waals surface area contributed by atoms with Gasteiger partial charge in [0, 0.05) is 6.04 Å². The summed E-state index contributed by atoms with van der Waals surface area (Å²) in [6.07, 6.45) is 0. The van der Waals surface area contributed by atoms with E-state index >= 15 is 0 Å². The molecule has 0 bridgehead atoms. The summed E-state index contributed by atoms with van der Waals surface area (Å²) in [5, 5.41) is 0. The Morgan fingerprint density at radius 3 is 2.29 bits per heavy atom. The molecule has 2 rings (SSSR count). The van der Waals surface area contributed by atoms with E-state index in [9.17, 15) is 0 Å². The lowest BCUT2D eigenvalue weighted by Gasteiger charge is -2.27. The van der Waals surface area contributed by atoms with Gasteiger partial charge in [-0.15, -0.1) is 12.4 Å². The van der Waals surface area contributed by atoms with Gasteiger partial charge >= 0.3 is 0 Å². The van der Waals surface area contributed by atoms with E-state index < -0.39 is 0 Å². The van der Waals surface area contributed by atoms with Gasteiger partial charge in [0.2, 0.25) is 0 Å². The highest BCUT2D eigenvalue weighted by Gasteiger charge is 2.22. The lowest BCUT2D eigenvalue weighted by Crippen LogP contribution is -2.26. The Morgan fingerprint density at radius 2 is 1.67 bits per heavy atom. The molecule has 3 heteroatoms. The number of nitrogens with two attached hydrogens (primary N) is 1. The van der Waals surface area contributed by atoms with Crippen molar-refractivity contribution in [3.8, 4) is 5.75 Å². The molecule has 2 N–H and O–H groups in total. The normalized spacial score (nSPS) is 12.4. The van der Waals surface area contributed by atoms with Gasteiger partial charge in [0.1, 0.15) is 12.4 Å². The summed E-state index contributed by atoms with van der Waals surface area (Å²) in [6.45, 7) is 7.02. The van der Waals surface area contributed by atoms with Crippen LogP contribution in [0.4, 0.5) is 0 Å². The zero-order valence-electron chi connectivity index (χ0n) is 12.9. The minimum atomic E-state index is 0. The maximum atomic E-state index is 6.29. The fourth-order valence-corrected chi connectivity index (χ4v) is 2.04. The molecule has 0 unspecified atom stereocenters. The second-order valence-electron chi connectivity index (χ2n) is 6.19. The highest BCUT2D eigenvalue weighted by atomic mass is 35.5. The van der Waals surface area contributed by atoms with Gasteiger partial charge in [-0.25, -0.2) is 0 Å². The third-order valence-corrected chi connectivity index (χ3v) is 3.40. The fourth-order valence-electron chi connectivity index (χ4n) is 2.04. The molecule has 2 aromatic rings. The summed E-state index contributed by atoms with van der Waals surface area (Å²) in [5.74, 6) is 0.867. The van der Waals surface area contributed by atoms with Crippen molar-refractivity contribution in [1.29, 1.82) is 0 Å². The van der Waals surface area contributed by atoms with Crippen molar-refractivity contribution in [3.63, 3.8) is 0 Å². The number of benzene rings is 2. The number of halogens is 1. The minimum absolute atomic E-state index is 0. The Morgan fingerprint density at radius 1 is 1.00 bits per heavy atom. The zero-order chi connectivity index (χ0) is 14.6. The predicted octanol–water partition coefficient (Wildman–Crippen LogP) is 4.73. The van der Waals surface area contributed by atoms with E-state index in [4.69, 9.17) is 10.5 Å². The summed E-state index contributed by atoms with van der Waals surface area (Å²) in [4.78, 5) is 0. The first kappa shape index (κ1) is 17.5. The maximum Gasteiger partial charge on any atom is 0.120 e. The smallest absolute Gasteiger partial charge is 0.120 e. The van der Waals surface area contributed by atoms with E-state index in [-0.39, 0.29) is 23.9 Å². The zero-order valence-corrected chi connectivity index (χ0v) is 13.7. The Balaban J connectivity index is 0.00000220. The van der Waals surface area contributed by atoms with Crippen LogP contribution in [0.5, 0.6) is 5.75 Å². The van der Waals surface area contributed by atoms with Crippen LogP contribution >= 0.6 is 12.4 Å². The van der Waals surface area contributed by atoms with E-state index in [0.717, 1.165) is 16.9 Å². The highest BCUT2D eigenvalue weighted by Crippen LogP contribution is 2.31. The lowest BCUT2D eigenvalue weighted by atomic mass is 9.83. The van der Waals surface area contributed by atoms with E-state index in [0.29, 0.717) is 6.61 Å². The van der Waals surface area contributed by atoms with E-state index in [1.54, 1.807) is 0 Å². The molecule has 0 aliphatic carbocycles. The van der Waals surface area contributed by atoms with Gasteiger partial charge in [0.05, 0.1) is 0 Å². The average molecular weight is 306 g/mol. The second-order valence-corrected chi connectivity index (χ2v) is 6.19. The van der Waals surface area contributed by atoms with E-state index in [2.05, 4.69) is 39.0 Å². The lowest BCUT2D eigenvalue weighted by molar-refractivity contribution is 0.301. The second kappa shape index (κ2) is 7.48. The van der Waals surface area contributed by atoms with Crippen molar-refractivity contribution in [2.45, 2.75) is 33.4 Å². The molecule has 0 spiro atoms. The van der Waals surface area contributed by atoms with Gasteiger partial charge in [-0.05, 0) is 28.7 Å². The average Bonchev–Trinajstić information content (AvgIpc) is 2.45. The van der Waals surface area contributed by atoms with Crippen LogP contribution in [0.15, 0.2) is 54.6 Å². The molecule has 0 aromatic heterocycles. The van der Waals surface area contributed by atoms with Crippen LogP contribution in [-0.2, 0) is 6.61 Å². The van der Waals surface area contributed by atoms with E-state index in [1.807, 2.05) is 36.4 Å². The van der Waals surface area contributed by atoms with Crippen molar-refractivity contribution in [3.05, 3.63) is 65.7 Å². The Labute approximate surface area is 133 Å². The first-order valence-electron chi connectivity index (χ1n) is 6.99. The van der Waals surface area contributed by atoms with Crippen LogP contribution in [0.2, 0.25) is 0 Å². The van der Waals surface area contributed by atoms with Crippen LogP contribution in [0.3, 0.4) is 0 Å². The molecular formula is C18H24ClNO. The van der Waals surface area contributed by atoms with Crippen LogP contribution in [0.25, 0.3) is 0 Å². The molecule has 0 heterocycles. The summed E-state index contributed by atoms with van der Waals surface area (Å²) in [5.41, 5.74) is 8.61. The number of hydrogen-bond acceptors (Lipinski definition) is 2. The summed E-state index contributed by atoms with van der Waals surface area (Å²) >= 11 is 0. The van der Waals surface area contributed by atoms with Crippen LogP contribution in [-0.4, -0.2) is 0 Å². The molecule has 2 nitrogen and oxygen atoms in total. The van der Waals surface area contributed by atoms with Crippen LogP contribution < -0.4 is 10.5 Å². The maximum absolute atomic E-state index is 6.29. The van der Waals surface area contributed by atoms with Gasteiger partial charge < -0.3 is 10.5 Å². The summed E-state index contributed by atoms with van der Waals surface area (Å²) in [7, 11) is 0. The van der Waals surface area contributed by atoms with Crippen molar-refractivity contribution in [1.82, 2.24) is 0 Å². The molecule has 0 fully saturated rings. The van der Waals surface area contributed by atoms with Gasteiger partial charge in [0.15, 0.2) is 0 Å². The third kappa shape index (κ3) is 5.07. The monoisotopic (exact) mass is 305 g/mol. The SMILES string of the molecule is CC(C)(C)[C@H](N)c1cccc(OCc2ccccc2)c1.Cl. The third-order valence-electron chi connectivity index (χ3n) is 3.40. The van der Waals surface area contributed by atoms with Gasteiger partial charge in [-0.3, -0.25) is 0 Å². The number of hydrogen-bond donors (Lipinski definition) is 1. The Hall–Kier alpha value is -1.51. The first-order valence-corrected chi connectivity index (χ1v) is 6.99. The fraction of sp³-hybridized carbons (Fsp3) is 0.333. The molecule has 0 radical (unpaired) electrons. The van der Waals surface area contributed by atoms with Gasteiger partial charge in [-0.2, -0.15) is 0 Å². The summed E-state index contributed by atoms with van der Waals surface area (Å²) in [6, 6.07) is 18.2. The molecule has 0 amide bonds. The number of rotatable bonds is 4. The predicted molar refractivity (Wildman–Crippen MR) is 90.8 cm³/mol. The molecule has 0 aliphatic rings. The molecular weight excluding hydrogens is 282 g/mol. The van der Waals surface area contributed by atoms with Gasteiger partial charge in [-0.1, -0.05) is 63.2 Å². The minimum Gasteiger partial charge on any atom is -0.489 e.